The third-order valence-corrected chi connectivity index (χ3v) is 5.74. The molecular formula is C27H24N6O. The highest BCUT2D eigenvalue weighted by Crippen LogP contribution is 2.31. The van der Waals surface area contributed by atoms with Gasteiger partial charge in [0.05, 0.1) is 5.52 Å². The predicted molar refractivity (Wildman–Crippen MR) is 134 cm³/mol. The van der Waals surface area contributed by atoms with Crippen LogP contribution < -0.4 is 10.6 Å². The van der Waals surface area contributed by atoms with Gasteiger partial charge in [-0.05, 0) is 66.8 Å². The Kier molecular flexibility index (Phi) is 6.04. The van der Waals surface area contributed by atoms with Crippen molar-refractivity contribution >= 4 is 34.1 Å². The Balaban J connectivity index is 1.38. The average molecular weight is 449 g/mol. The van der Waals surface area contributed by atoms with Gasteiger partial charge in [0, 0.05) is 47.8 Å². The summed E-state index contributed by atoms with van der Waals surface area (Å²) in [7, 11) is 0. The molecule has 2 aromatic carbocycles. The molecule has 1 saturated carbocycles. The summed E-state index contributed by atoms with van der Waals surface area (Å²) in [6.45, 7) is 1.25. The predicted octanol–water partition coefficient (Wildman–Crippen LogP) is 5.19. The van der Waals surface area contributed by atoms with Gasteiger partial charge >= 0.3 is 6.03 Å². The summed E-state index contributed by atoms with van der Waals surface area (Å²) in [5.41, 5.74) is 4.07. The number of benzene rings is 2. The van der Waals surface area contributed by atoms with E-state index >= 15 is 0 Å². The van der Waals surface area contributed by atoms with Crippen molar-refractivity contribution in [3.05, 3.63) is 84.4 Å². The number of urea groups is 1. The van der Waals surface area contributed by atoms with Crippen LogP contribution in [0.3, 0.4) is 0 Å². The lowest BCUT2D eigenvalue weighted by molar-refractivity contribution is 0.206. The number of aromatic nitrogens is 3. The zero-order valence-corrected chi connectivity index (χ0v) is 18.6. The third kappa shape index (κ3) is 5.13. The minimum absolute atomic E-state index is 0.136. The highest BCUT2D eigenvalue weighted by atomic mass is 16.2. The average Bonchev–Trinajstić information content (AvgIpc) is 3.69. The SMILES string of the molecule is C#Cc1cccc(Nc2ncnc3ccc(NC(=O)N(Cc4cccnc4)CC4CC4)cc23)c1. The van der Waals surface area contributed by atoms with Crippen LogP contribution in [0.5, 0.6) is 0 Å². The topological polar surface area (TPSA) is 83.0 Å². The zero-order valence-electron chi connectivity index (χ0n) is 18.6. The Hall–Kier alpha value is -4.44. The van der Waals surface area contributed by atoms with Gasteiger partial charge in [0.25, 0.3) is 0 Å². The second-order valence-electron chi connectivity index (χ2n) is 8.42. The quantitative estimate of drug-likeness (QED) is 0.380. The lowest BCUT2D eigenvalue weighted by atomic mass is 10.2. The molecule has 0 spiro atoms. The lowest BCUT2D eigenvalue weighted by Crippen LogP contribution is -2.36. The van der Waals surface area contributed by atoms with E-state index in [0.29, 0.717) is 24.0 Å². The van der Waals surface area contributed by atoms with Gasteiger partial charge in [-0.1, -0.05) is 18.1 Å². The highest BCUT2D eigenvalue weighted by Gasteiger charge is 2.27. The van der Waals surface area contributed by atoms with E-state index in [9.17, 15) is 4.79 Å². The molecule has 2 aromatic heterocycles. The van der Waals surface area contributed by atoms with Gasteiger partial charge in [-0.25, -0.2) is 14.8 Å². The van der Waals surface area contributed by atoms with E-state index in [1.165, 1.54) is 19.2 Å². The molecule has 0 radical (unpaired) electrons. The molecule has 34 heavy (non-hydrogen) atoms. The number of fused-ring (bicyclic) bond motifs is 1. The molecule has 0 unspecified atom stereocenters. The van der Waals surface area contributed by atoms with Crippen LogP contribution in [0, 0.1) is 18.3 Å². The number of anilines is 3. The molecule has 5 rings (SSSR count). The number of nitrogens with zero attached hydrogens (tertiary/aromatic N) is 4. The number of hydrogen-bond acceptors (Lipinski definition) is 5. The highest BCUT2D eigenvalue weighted by molar-refractivity contribution is 5.96. The number of rotatable bonds is 7. The Bertz CT molecular complexity index is 1360. The maximum atomic E-state index is 13.2. The minimum atomic E-state index is -0.136. The van der Waals surface area contributed by atoms with Crippen LogP contribution >= 0.6 is 0 Å². The largest absolute Gasteiger partial charge is 0.340 e. The Morgan fingerprint density at radius 1 is 1.09 bits per heavy atom. The van der Waals surface area contributed by atoms with Crippen molar-refractivity contribution in [3.8, 4) is 12.3 Å². The first-order valence-corrected chi connectivity index (χ1v) is 11.2. The molecular weight excluding hydrogens is 424 g/mol. The van der Waals surface area contributed by atoms with Gasteiger partial charge in [0.2, 0.25) is 0 Å². The fourth-order valence-corrected chi connectivity index (χ4v) is 3.80. The van der Waals surface area contributed by atoms with Gasteiger partial charge in [-0.3, -0.25) is 4.98 Å². The van der Waals surface area contributed by atoms with Crippen molar-refractivity contribution < 1.29 is 4.79 Å². The summed E-state index contributed by atoms with van der Waals surface area (Å²) in [6.07, 6.45) is 12.9. The molecule has 2 amide bonds. The van der Waals surface area contributed by atoms with Crippen LogP contribution in [0.4, 0.5) is 22.0 Å². The Labute approximate surface area is 198 Å². The molecule has 2 heterocycles. The summed E-state index contributed by atoms with van der Waals surface area (Å²) < 4.78 is 0. The number of pyridine rings is 1. The standard InChI is InChI=1S/C27H24N6O/c1-2-19-5-3-7-22(13-19)31-26-24-14-23(10-11-25(24)29-18-30-26)32-27(34)33(16-20-8-9-20)17-21-6-4-12-28-15-21/h1,3-7,10-15,18,20H,8-9,16-17H2,(H,32,34)(H,29,30,31). The number of amides is 2. The first-order chi connectivity index (χ1) is 16.7. The first-order valence-electron chi connectivity index (χ1n) is 11.2. The monoisotopic (exact) mass is 448 g/mol. The van der Waals surface area contributed by atoms with Crippen LogP contribution in [0.15, 0.2) is 73.3 Å². The van der Waals surface area contributed by atoms with Crippen LogP contribution in [0.2, 0.25) is 0 Å². The number of nitrogens with one attached hydrogen (secondary N) is 2. The van der Waals surface area contributed by atoms with Gasteiger partial charge in [-0.15, -0.1) is 6.42 Å². The van der Waals surface area contributed by atoms with Gasteiger partial charge < -0.3 is 15.5 Å². The molecule has 0 atom stereocenters. The van der Waals surface area contributed by atoms with Gasteiger partial charge in [-0.2, -0.15) is 0 Å². The summed E-state index contributed by atoms with van der Waals surface area (Å²) >= 11 is 0. The fraction of sp³-hybridized carbons (Fsp3) is 0.185. The van der Waals surface area contributed by atoms with E-state index in [-0.39, 0.29) is 6.03 Å². The number of hydrogen-bond donors (Lipinski definition) is 2. The molecule has 7 nitrogen and oxygen atoms in total. The number of carbonyl (C=O) groups is 1. The molecule has 1 aliphatic carbocycles. The zero-order chi connectivity index (χ0) is 23.3. The first kappa shape index (κ1) is 21.4. The molecule has 7 heteroatoms. The maximum Gasteiger partial charge on any atom is 0.322 e. The summed E-state index contributed by atoms with van der Waals surface area (Å²) in [5.74, 6) is 3.85. The second-order valence-corrected chi connectivity index (χ2v) is 8.42. The van der Waals surface area contributed by atoms with Crippen LogP contribution in [-0.4, -0.2) is 32.4 Å². The van der Waals surface area contributed by atoms with Crippen molar-refractivity contribution in [1.29, 1.82) is 0 Å². The molecule has 0 bridgehead atoms. The van der Waals surface area contributed by atoms with Crippen molar-refractivity contribution in [1.82, 2.24) is 19.9 Å². The molecule has 1 aliphatic rings. The molecule has 0 saturated heterocycles. The summed E-state index contributed by atoms with van der Waals surface area (Å²) in [5, 5.41) is 7.17. The molecule has 1 fully saturated rings. The van der Waals surface area contributed by atoms with Gasteiger partial charge in [0.15, 0.2) is 0 Å². The van der Waals surface area contributed by atoms with Crippen LogP contribution in [0.25, 0.3) is 10.9 Å². The number of carbonyl (C=O) groups excluding carboxylic acids is 1. The Morgan fingerprint density at radius 3 is 2.79 bits per heavy atom. The van der Waals surface area contributed by atoms with Crippen LogP contribution in [0.1, 0.15) is 24.0 Å². The van der Waals surface area contributed by atoms with E-state index in [0.717, 1.165) is 34.3 Å². The van der Waals surface area contributed by atoms with E-state index in [1.807, 2.05) is 59.5 Å². The summed E-state index contributed by atoms with van der Waals surface area (Å²) in [4.78, 5) is 28.0. The van der Waals surface area contributed by atoms with E-state index in [2.05, 4.69) is 31.5 Å². The van der Waals surface area contributed by atoms with Crippen molar-refractivity contribution in [2.45, 2.75) is 19.4 Å². The minimum Gasteiger partial charge on any atom is -0.340 e. The van der Waals surface area contributed by atoms with E-state index in [4.69, 9.17) is 6.42 Å². The number of terminal acetylenes is 1. The van der Waals surface area contributed by atoms with E-state index < -0.39 is 0 Å². The second kappa shape index (κ2) is 9.59. The smallest absolute Gasteiger partial charge is 0.322 e. The molecule has 4 aromatic rings. The lowest BCUT2D eigenvalue weighted by Gasteiger charge is -2.23. The fourth-order valence-electron chi connectivity index (χ4n) is 3.80. The molecule has 0 aliphatic heterocycles. The van der Waals surface area contributed by atoms with E-state index in [1.54, 1.807) is 12.4 Å². The summed E-state index contributed by atoms with van der Waals surface area (Å²) in [6, 6.07) is 16.9. The maximum absolute atomic E-state index is 13.2. The van der Waals surface area contributed by atoms with Crippen molar-refractivity contribution in [3.63, 3.8) is 0 Å². The molecule has 2 N–H and O–H groups in total. The Morgan fingerprint density at radius 2 is 2.00 bits per heavy atom. The van der Waals surface area contributed by atoms with Crippen molar-refractivity contribution in [2.24, 2.45) is 5.92 Å². The van der Waals surface area contributed by atoms with Crippen LogP contribution in [-0.2, 0) is 6.54 Å². The third-order valence-electron chi connectivity index (χ3n) is 5.74. The van der Waals surface area contributed by atoms with Crippen molar-refractivity contribution in [2.75, 3.05) is 17.2 Å². The normalized spacial score (nSPS) is 12.7. The van der Waals surface area contributed by atoms with Gasteiger partial charge in [0.1, 0.15) is 12.1 Å². The molecule has 168 valence electrons.